The van der Waals surface area contributed by atoms with E-state index in [1.807, 2.05) is 6.07 Å². The number of hydrogen-bond acceptors (Lipinski definition) is 1. The summed E-state index contributed by atoms with van der Waals surface area (Å²) < 4.78 is 6.45. The molecule has 4 aromatic rings. The molecule has 24 heavy (non-hydrogen) atoms. The molecule has 0 spiro atoms. The van der Waals surface area contributed by atoms with Crippen molar-refractivity contribution in [1.82, 2.24) is 0 Å². The van der Waals surface area contributed by atoms with Crippen molar-refractivity contribution in [2.24, 2.45) is 0 Å². The Hall–Kier alpha value is -3.06. The summed E-state index contributed by atoms with van der Waals surface area (Å²) in [5, 5.41) is 2.49. The van der Waals surface area contributed by atoms with Crippen molar-refractivity contribution >= 4 is 10.8 Å². The first-order valence-electron chi connectivity index (χ1n) is 8.24. The molecule has 0 radical (unpaired) electrons. The Morgan fingerprint density at radius 2 is 1.21 bits per heavy atom. The van der Waals surface area contributed by atoms with Gasteiger partial charge in [0.15, 0.2) is 6.10 Å². The molecular formula is C23H16O. The SMILES string of the molecule is c1ccc2c(c1)OC(c1cccc3ccccc13)c1ccccc1-2. The third kappa shape index (κ3) is 1.95. The highest BCUT2D eigenvalue weighted by Gasteiger charge is 2.27. The molecule has 114 valence electrons. The summed E-state index contributed by atoms with van der Waals surface area (Å²) in [6, 6.07) is 31.8. The van der Waals surface area contributed by atoms with Crippen LogP contribution in [0.1, 0.15) is 17.2 Å². The number of benzene rings is 4. The van der Waals surface area contributed by atoms with Crippen molar-refractivity contribution in [3.05, 3.63) is 102 Å². The molecule has 5 rings (SSSR count). The van der Waals surface area contributed by atoms with Gasteiger partial charge in [-0.25, -0.2) is 0 Å². The van der Waals surface area contributed by atoms with Gasteiger partial charge in [-0.1, -0.05) is 84.9 Å². The van der Waals surface area contributed by atoms with Crippen LogP contribution in [0.4, 0.5) is 0 Å². The first-order valence-corrected chi connectivity index (χ1v) is 8.24. The van der Waals surface area contributed by atoms with Crippen LogP contribution in [-0.4, -0.2) is 0 Å². The van der Waals surface area contributed by atoms with Crippen LogP contribution in [0, 0.1) is 0 Å². The minimum Gasteiger partial charge on any atom is -0.480 e. The average molecular weight is 308 g/mol. The highest BCUT2D eigenvalue weighted by molar-refractivity contribution is 5.87. The summed E-state index contributed by atoms with van der Waals surface area (Å²) in [6.07, 6.45) is -0.0813. The Labute approximate surface area is 141 Å². The molecule has 0 saturated carbocycles. The zero-order valence-electron chi connectivity index (χ0n) is 13.1. The second-order valence-corrected chi connectivity index (χ2v) is 6.15. The summed E-state index contributed by atoms with van der Waals surface area (Å²) in [4.78, 5) is 0. The van der Waals surface area contributed by atoms with E-state index in [4.69, 9.17) is 4.74 Å². The molecule has 1 aliphatic rings. The van der Waals surface area contributed by atoms with E-state index in [1.165, 1.54) is 33.0 Å². The normalized spacial score (nSPS) is 15.4. The van der Waals surface area contributed by atoms with E-state index in [2.05, 4.69) is 84.9 Å². The van der Waals surface area contributed by atoms with E-state index >= 15 is 0 Å². The van der Waals surface area contributed by atoms with Gasteiger partial charge in [-0.2, -0.15) is 0 Å². The van der Waals surface area contributed by atoms with Gasteiger partial charge in [0, 0.05) is 16.7 Å². The lowest BCUT2D eigenvalue weighted by atomic mass is 9.88. The average Bonchev–Trinajstić information content (AvgIpc) is 2.67. The van der Waals surface area contributed by atoms with Crippen molar-refractivity contribution in [1.29, 1.82) is 0 Å². The molecule has 0 N–H and O–H groups in total. The van der Waals surface area contributed by atoms with Crippen LogP contribution in [0.3, 0.4) is 0 Å². The maximum absolute atomic E-state index is 6.45. The minimum atomic E-state index is -0.0813. The number of para-hydroxylation sites is 1. The van der Waals surface area contributed by atoms with Gasteiger partial charge < -0.3 is 4.74 Å². The number of fused-ring (bicyclic) bond motifs is 4. The van der Waals surface area contributed by atoms with E-state index < -0.39 is 0 Å². The topological polar surface area (TPSA) is 9.23 Å². The van der Waals surface area contributed by atoms with E-state index in [-0.39, 0.29) is 6.10 Å². The van der Waals surface area contributed by atoms with Crippen LogP contribution < -0.4 is 4.74 Å². The molecule has 1 heteroatoms. The smallest absolute Gasteiger partial charge is 0.150 e. The Morgan fingerprint density at radius 3 is 2.17 bits per heavy atom. The molecule has 1 aliphatic heterocycles. The third-order valence-electron chi connectivity index (χ3n) is 4.77. The molecule has 1 heterocycles. The number of ether oxygens (including phenoxy) is 1. The summed E-state index contributed by atoms with van der Waals surface area (Å²) in [7, 11) is 0. The lowest BCUT2D eigenvalue weighted by Gasteiger charge is -2.29. The fourth-order valence-corrected chi connectivity index (χ4v) is 3.66. The van der Waals surface area contributed by atoms with Crippen molar-refractivity contribution < 1.29 is 4.74 Å². The Balaban J connectivity index is 1.78. The molecule has 0 aromatic heterocycles. The Morgan fingerprint density at radius 1 is 0.542 bits per heavy atom. The van der Waals surface area contributed by atoms with Crippen LogP contribution in [0.2, 0.25) is 0 Å². The minimum absolute atomic E-state index is 0.0813. The van der Waals surface area contributed by atoms with Gasteiger partial charge in [0.2, 0.25) is 0 Å². The van der Waals surface area contributed by atoms with E-state index in [9.17, 15) is 0 Å². The maximum atomic E-state index is 6.45. The molecule has 0 bridgehead atoms. The predicted octanol–water partition coefficient (Wildman–Crippen LogP) is 5.99. The number of rotatable bonds is 1. The zero-order chi connectivity index (χ0) is 15.9. The van der Waals surface area contributed by atoms with E-state index in [1.54, 1.807) is 0 Å². The molecular weight excluding hydrogens is 292 g/mol. The quantitative estimate of drug-likeness (QED) is 0.420. The third-order valence-corrected chi connectivity index (χ3v) is 4.77. The monoisotopic (exact) mass is 308 g/mol. The van der Waals surface area contributed by atoms with Crippen molar-refractivity contribution in [3.8, 4) is 16.9 Å². The molecule has 1 nitrogen and oxygen atoms in total. The van der Waals surface area contributed by atoms with Crippen LogP contribution in [0.5, 0.6) is 5.75 Å². The molecule has 4 aromatic carbocycles. The second kappa shape index (κ2) is 5.24. The molecule has 0 saturated heterocycles. The van der Waals surface area contributed by atoms with E-state index in [0.29, 0.717) is 0 Å². The first kappa shape index (κ1) is 13.4. The standard InChI is InChI=1S/C23H16O/c1-2-10-17-16(8-1)9-7-14-20(17)23-21-13-4-3-11-18(21)19-12-5-6-15-22(19)24-23/h1-15,23H. The van der Waals surface area contributed by atoms with Gasteiger partial charge in [0.1, 0.15) is 5.75 Å². The van der Waals surface area contributed by atoms with Crippen LogP contribution in [-0.2, 0) is 0 Å². The Kier molecular flexibility index (Phi) is 2.92. The van der Waals surface area contributed by atoms with Crippen LogP contribution in [0.25, 0.3) is 21.9 Å². The summed E-state index contributed by atoms with van der Waals surface area (Å²) in [5.74, 6) is 0.953. The molecule has 1 atom stereocenters. The van der Waals surface area contributed by atoms with E-state index in [0.717, 1.165) is 5.75 Å². The first-order chi connectivity index (χ1) is 11.9. The molecule has 0 fully saturated rings. The molecule has 0 amide bonds. The van der Waals surface area contributed by atoms with Gasteiger partial charge in [-0.3, -0.25) is 0 Å². The van der Waals surface area contributed by atoms with Crippen molar-refractivity contribution in [2.75, 3.05) is 0 Å². The van der Waals surface area contributed by atoms with Crippen LogP contribution >= 0.6 is 0 Å². The summed E-state index contributed by atoms with van der Waals surface area (Å²) in [5.41, 5.74) is 4.88. The van der Waals surface area contributed by atoms with Gasteiger partial charge in [0.25, 0.3) is 0 Å². The van der Waals surface area contributed by atoms with Crippen LogP contribution in [0.15, 0.2) is 91.0 Å². The molecule has 0 aliphatic carbocycles. The number of hydrogen-bond donors (Lipinski definition) is 0. The van der Waals surface area contributed by atoms with Gasteiger partial charge in [-0.05, 0) is 22.4 Å². The Bertz CT molecular complexity index is 1040. The zero-order valence-corrected chi connectivity index (χ0v) is 13.1. The van der Waals surface area contributed by atoms with Gasteiger partial charge in [-0.15, -0.1) is 0 Å². The highest BCUT2D eigenvalue weighted by atomic mass is 16.5. The lowest BCUT2D eigenvalue weighted by Crippen LogP contribution is -2.15. The molecule has 1 unspecified atom stereocenters. The second-order valence-electron chi connectivity index (χ2n) is 6.15. The highest BCUT2D eigenvalue weighted by Crippen LogP contribution is 2.45. The summed E-state index contributed by atoms with van der Waals surface area (Å²) >= 11 is 0. The maximum Gasteiger partial charge on any atom is 0.150 e. The largest absolute Gasteiger partial charge is 0.480 e. The van der Waals surface area contributed by atoms with Gasteiger partial charge in [0.05, 0.1) is 0 Å². The summed E-state index contributed by atoms with van der Waals surface area (Å²) in [6.45, 7) is 0. The fourth-order valence-electron chi connectivity index (χ4n) is 3.66. The van der Waals surface area contributed by atoms with Crippen molar-refractivity contribution in [2.45, 2.75) is 6.10 Å². The lowest BCUT2D eigenvalue weighted by molar-refractivity contribution is 0.245. The fraction of sp³-hybridized carbons (Fsp3) is 0.0435. The van der Waals surface area contributed by atoms with Crippen molar-refractivity contribution in [3.63, 3.8) is 0 Å². The van der Waals surface area contributed by atoms with Gasteiger partial charge >= 0.3 is 0 Å². The predicted molar refractivity (Wildman–Crippen MR) is 98.3 cm³/mol.